The first-order valence-electron chi connectivity index (χ1n) is 8.66. The van der Waals surface area contributed by atoms with E-state index in [0.717, 1.165) is 18.0 Å². The third kappa shape index (κ3) is 2.92. The van der Waals surface area contributed by atoms with Crippen molar-refractivity contribution in [3.63, 3.8) is 0 Å². The second-order valence-corrected chi connectivity index (χ2v) is 7.39. The van der Waals surface area contributed by atoms with E-state index in [1.807, 2.05) is 0 Å². The zero-order valence-corrected chi connectivity index (χ0v) is 14.0. The van der Waals surface area contributed by atoms with Gasteiger partial charge in [0.15, 0.2) is 5.43 Å². The molecule has 1 saturated heterocycles. The second kappa shape index (κ2) is 6.29. The summed E-state index contributed by atoms with van der Waals surface area (Å²) in [4.78, 5) is 15.3. The highest BCUT2D eigenvalue weighted by molar-refractivity contribution is 6.31. The maximum atomic E-state index is 12.8. The van der Waals surface area contributed by atoms with Gasteiger partial charge in [0.25, 0.3) is 0 Å². The first-order valence-corrected chi connectivity index (χ1v) is 9.04. The van der Waals surface area contributed by atoms with Crippen LogP contribution in [0.25, 0.3) is 11.0 Å². The Morgan fingerprint density at radius 2 is 2.00 bits per heavy atom. The Balaban J connectivity index is 1.64. The minimum Gasteiger partial charge on any atom is -0.464 e. The maximum absolute atomic E-state index is 12.8. The van der Waals surface area contributed by atoms with Crippen LogP contribution in [0.2, 0.25) is 5.02 Å². The molecule has 0 unspecified atom stereocenters. The molecule has 0 amide bonds. The molecular formula is C19H22ClNO2. The molecule has 1 aromatic carbocycles. The van der Waals surface area contributed by atoms with E-state index in [0.29, 0.717) is 28.6 Å². The number of hydrogen-bond acceptors (Lipinski definition) is 3. The smallest absolute Gasteiger partial charge is 0.197 e. The monoisotopic (exact) mass is 331 g/mol. The van der Waals surface area contributed by atoms with Gasteiger partial charge in [-0.1, -0.05) is 24.4 Å². The average molecular weight is 332 g/mol. The number of hydrogen-bond donors (Lipinski definition) is 0. The molecule has 0 N–H and O–H groups in total. The topological polar surface area (TPSA) is 33.5 Å². The van der Waals surface area contributed by atoms with E-state index in [1.165, 1.54) is 38.5 Å². The lowest BCUT2D eigenvalue weighted by Crippen LogP contribution is -2.46. The molecule has 2 aliphatic rings. The molecule has 1 saturated carbocycles. The van der Waals surface area contributed by atoms with Gasteiger partial charge in [0.1, 0.15) is 5.58 Å². The van der Waals surface area contributed by atoms with Crippen molar-refractivity contribution in [2.75, 3.05) is 6.54 Å². The summed E-state index contributed by atoms with van der Waals surface area (Å²) in [7, 11) is 0. The molecule has 2 atom stereocenters. The van der Waals surface area contributed by atoms with Crippen LogP contribution >= 0.6 is 11.6 Å². The van der Waals surface area contributed by atoms with E-state index in [2.05, 4.69) is 4.90 Å². The Morgan fingerprint density at radius 1 is 1.17 bits per heavy atom. The number of piperidine rings is 1. The van der Waals surface area contributed by atoms with Gasteiger partial charge in [0.05, 0.1) is 11.6 Å². The number of fused-ring (bicyclic) bond motifs is 2. The standard InChI is InChI=1S/C19H22ClNO2/c20-15-7-8-18-16(10-15)19(22)14(12-23-18)11-21-9-3-5-13-4-1-2-6-17(13)21/h7-8,10,12-13,17H,1-6,9,11H2/t13-,17-/m1/s1. The Hall–Kier alpha value is -1.32. The fourth-order valence-corrected chi connectivity index (χ4v) is 4.57. The molecular weight excluding hydrogens is 310 g/mol. The van der Waals surface area contributed by atoms with Crippen molar-refractivity contribution in [3.8, 4) is 0 Å². The molecule has 2 heterocycles. The molecule has 4 rings (SSSR count). The Labute approximate surface area is 141 Å². The van der Waals surface area contributed by atoms with E-state index >= 15 is 0 Å². The predicted octanol–water partition coefficient (Wildman–Crippen LogP) is 4.60. The molecule has 3 nitrogen and oxygen atoms in total. The average Bonchev–Trinajstić information content (AvgIpc) is 2.58. The van der Waals surface area contributed by atoms with Gasteiger partial charge < -0.3 is 4.42 Å². The van der Waals surface area contributed by atoms with E-state index in [9.17, 15) is 4.79 Å². The molecule has 2 aromatic rings. The van der Waals surface area contributed by atoms with Crippen LogP contribution in [0.5, 0.6) is 0 Å². The summed E-state index contributed by atoms with van der Waals surface area (Å²) in [6, 6.07) is 5.88. The number of benzene rings is 1. The lowest BCUT2D eigenvalue weighted by Gasteiger charge is -2.44. The van der Waals surface area contributed by atoms with Crippen LogP contribution in [0, 0.1) is 5.92 Å². The molecule has 0 spiro atoms. The van der Waals surface area contributed by atoms with Crippen LogP contribution in [0.1, 0.15) is 44.1 Å². The molecule has 0 radical (unpaired) electrons. The van der Waals surface area contributed by atoms with Crippen molar-refractivity contribution in [2.45, 2.75) is 51.1 Å². The summed E-state index contributed by atoms with van der Waals surface area (Å²) in [5.41, 5.74) is 1.43. The van der Waals surface area contributed by atoms with E-state index in [-0.39, 0.29) is 5.43 Å². The van der Waals surface area contributed by atoms with Crippen molar-refractivity contribution in [1.29, 1.82) is 0 Å². The van der Waals surface area contributed by atoms with Crippen LogP contribution in [-0.4, -0.2) is 17.5 Å². The third-order valence-electron chi connectivity index (χ3n) is 5.54. The van der Waals surface area contributed by atoms with Gasteiger partial charge in [-0.05, 0) is 56.3 Å². The van der Waals surface area contributed by atoms with Crippen LogP contribution in [0.4, 0.5) is 0 Å². The number of halogens is 1. The van der Waals surface area contributed by atoms with Gasteiger partial charge >= 0.3 is 0 Å². The van der Waals surface area contributed by atoms with E-state index in [4.69, 9.17) is 16.0 Å². The van der Waals surface area contributed by atoms with E-state index < -0.39 is 0 Å². The maximum Gasteiger partial charge on any atom is 0.197 e. The predicted molar refractivity (Wildman–Crippen MR) is 92.9 cm³/mol. The number of likely N-dealkylation sites (tertiary alicyclic amines) is 1. The zero-order chi connectivity index (χ0) is 15.8. The minimum atomic E-state index is 0.0617. The highest BCUT2D eigenvalue weighted by Crippen LogP contribution is 2.35. The zero-order valence-electron chi connectivity index (χ0n) is 13.3. The van der Waals surface area contributed by atoms with Gasteiger partial charge in [0.2, 0.25) is 0 Å². The van der Waals surface area contributed by atoms with Crippen LogP contribution < -0.4 is 5.43 Å². The molecule has 4 heteroatoms. The van der Waals surface area contributed by atoms with Gasteiger partial charge in [-0.25, -0.2) is 0 Å². The number of nitrogens with zero attached hydrogens (tertiary/aromatic N) is 1. The Morgan fingerprint density at radius 3 is 2.91 bits per heavy atom. The van der Waals surface area contributed by atoms with Crippen LogP contribution in [0.3, 0.4) is 0 Å². The quantitative estimate of drug-likeness (QED) is 0.806. The lowest BCUT2D eigenvalue weighted by atomic mass is 9.78. The summed E-state index contributed by atoms with van der Waals surface area (Å²) in [5, 5.41) is 1.17. The summed E-state index contributed by atoms with van der Waals surface area (Å²) in [6.07, 6.45) is 9.55. The van der Waals surface area contributed by atoms with Crippen molar-refractivity contribution in [1.82, 2.24) is 4.90 Å². The largest absolute Gasteiger partial charge is 0.464 e. The molecule has 1 aliphatic heterocycles. The van der Waals surface area contributed by atoms with E-state index in [1.54, 1.807) is 24.5 Å². The third-order valence-corrected chi connectivity index (χ3v) is 5.77. The molecule has 0 bridgehead atoms. The lowest BCUT2D eigenvalue weighted by molar-refractivity contribution is 0.0541. The van der Waals surface area contributed by atoms with Crippen molar-refractivity contribution < 1.29 is 4.42 Å². The molecule has 23 heavy (non-hydrogen) atoms. The highest BCUT2D eigenvalue weighted by Gasteiger charge is 2.33. The number of rotatable bonds is 2. The highest BCUT2D eigenvalue weighted by atomic mass is 35.5. The second-order valence-electron chi connectivity index (χ2n) is 6.96. The molecule has 2 fully saturated rings. The molecule has 1 aliphatic carbocycles. The van der Waals surface area contributed by atoms with Crippen LogP contribution in [-0.2, 0) is 6.54 Å². The van der Waals surface area contributed by atoms with Crippen molar-refractivity contribution in [2.24, 2.45) is 5.92 Å². The Kier molecular flexibility index (Phi) is 4.16. The van der Waals surface area contributed by atoms with Gasteiger partial charge in [-0.3, -0.25) is 9.69 Å². The van der Waals surface area contributed by atoms with Crippen LogP contribution in [0.15, 0.2) is 33.7 Å². The first-order chi connectivity index (χ1) is 11.2. The molecule has 122 valence electrons. The van der Waals surface area contributed by atoms with Crippen molar-refractivity contribution >= 4 is 22.6 Å². The summed E-state index contributed by atoms with van der Waals surface area (Å²) in [6.45, 7) is 1.79. The van der Waals surface area contributed by atoms with Crippen molar-refractivity contribution in [3.05, 3.63) is 45.3 Å². The minimum absolute atomic E-state index is 0.0617. The fourth-order valence-electron chi connectivity index (χ4n) is 4.40. The van der Waals surface area contributed by atoms with Gasteiger partial charge in [-0.2, -0.15) is 0 Å². The summed E-state index contributed by atoms with van der Waals surface area (Å²) >= 11 is 6.04. The summed E-state index contributed by atoms with van der Waals surface area (Å²) in [5.74, 6) is 0.819. The fraction of sp³-hybridized carbons (Fsp3) is 0.526. The molecule has 1 aromatic heterocycles. The first kappa shape index (κ1) is 15.2. The SMILES string of the molecule is O=c1c(CN2CCC[C@H]3CCCC[C@H]32)coc2ccc(Cl)cc12. The normalized spacial score (nSPS) is 25.4. The van der Waals surface area contributed by atoms with Gasteiger partial charge in [0, 0.05) is 23.2 Å². The van der Waals surface area contributed by atoms with Gasteiger partial charge in [-0.15, -0.1) is 0 Å². The Bertz CT molecular complexity index is 768. The summed E-state index contributed by atoms with van der Waals surface area (Å²) < 4.78 is 5.67.